The zero-order valence-corrected chi connectivity index (χ0v) is 25.3. The van der Waals surface area contributed by atoms with Crippen molar-refractivity contribution in [2.75, 3.05) is 13.7 Å². The number of rotatable bonds is 10. The summed E-state index contributed by atoms with van der Waals surface area (Å²) in [4.78, 5) is 43.4. The second-order valence-electron chi connectivity index (χ2n) is 13.0. The lowest BCUT2D eigenvalue weighted by atomic mass is 9.45. The van der Waals surface area contributed by atoms with Crippen LogP contribution in [0, 0.1) is 29.1 Å². The number of hydrogen-bond acceptors (Lipinski definition) is 8. The van der Waals surface area contributed by atoms with Crippen molar-refractivity contribution in [3.63, 3.8) is 0 Å². The van der Waals surface area contributed by atoms with Crippen molar-refractivity contribution in [2.45, 2.75) is 71.4 Å². The van der Waals surface area contributed by atoms with E-state index in [-0.39, 0.29) is 41.6 Å². The molecule has 3 saturated carbocycles. The number of aldehydes is 1. The summed E-state index contributed by atoms with van der Waals surface area (Å²) in [6.45, 7) is 8.13. The first kappa shape index (κ1) is 31.1. The molecule has 1 amide bonds. The van der Waals surface area contributed by atoms with Gasteiger partial charge < -0.3 is 25.4 Å². The highest BCUT2D eigenvalue weighted by molar-refractivity contribution is 5.93. The Hall–Kier alpha value is -3.31. The number of fused-ring (bicyclic) bond motifs is 2. The summed E-state index contributed by atoms with van der Waals surface area (Å²) < 4.78 is 5.79. The number of methoxy groups -OCH3 is 1. The molecule has 6 rings (SSSR count). The maximum atomic E-state index is 14.0. The summed E-state index contributed by atoms with van der Waals surface area (Å²) >= 11 is 0. The van der Waals surface area contributed by atoms with Crippen LogP contribution in [-0.4, -0.2) is 76.6 Å². The second kappa shape index (κ2) is 12.0. The highest BCUT2D eigenvalue weighted by atomic mass is 16.7. The number of amides is 1. The fraction of sp³-hybridized carbons (Fsp3) is 0.545. The molecule has 4 fully saturated rings. The Morgan fingerprint density at radius 1 is 1.23 bits per heavy atom. The molecule has 4 N–H and O–H groups in total. The van der Waals surface area contributed by atoms with Gasteiger partial charge in [0.15, 0.2) is 0 Å². The summed E-state index contributed by atoms with van der Waals surface area (Å²) in [5.74, 6) is -0.256. The van der Waals surface area contributed by atoms with E-state index in [1.165, 1.54) is 30.7 Å². The molecule has 3 aliphatic carbocycles. The van der Waals surface area contributed by atoms with E-state index < -0.39 is 30.1 Å². The molecular weight excluding hydrogens is 552 g/mol. The van der Waals surface area contributed by atoms with E-state index in [0.717, 1.165) is 6.42 Å². The number of nitrogens with one attached hydrogen (secondary N) is 1. The van der Waals surface area contributed by atoms with Crippen LogP contribution in [0.1, 0.15) is 66.8 Å². The minimum Gasteiger partial charge on any atom is -0.496 e. The number of carboxylic acids is 1. The monoisotopic (exact) mass is 594 g/mol. The number of hydroxylamine groups is 2. The first-order valence-electron chi connectivity index (χ1n) is 14.9. The molecule has 0 aromatic heterocycles. The number of nitrogens with zero attached hydrogens (tertiary/aromatic N) is 1. The van der Waals surface area contributed by atoms with Gasteiger partial charge in [-0.25, -0.2) is 4.79 Å². The first-order valence-corrected chi connectivity index (χ1v) is 14.9. The molecular formula is C33H42N2O8. The molecule has 10 nitrogen and oxygen atoms in total. The van der Waals surface area contributed by atoms with Crippen LogP contribution in [0.5, 0.6) is 5.75 Å². The molecule has 1 heterocycles. The number of para-hydroxylation sites is 1. The Bertz CT molecular complexity index is 1390. The van der Waals surface area contributed by atoms with E-state index in [2.05, 4.69) is 26.1 Å². The van der Waals surface area contributed by atoms with Gasteiger partial charge in [0.2, 0.25) is 5.91 Å². The molecule has 2 bridgehead atoms. The van der Waals surface area contributed by atoms with Gasteiger partial charge in [-0.15, -0.1) is 0 Å². The van der Waals surface area contributed by atoms with Crippen molar-refractivity contribution in [3.05, 3.63) is 53.1 Å². The third-order valence-corrected chi connectivity index (χ3v) is 10.3. The molecule has 8 atom stereocenters. The van der Waals surface area contributed by atoms with Crippen LogP contribution in [0.15, 0.2) is 36.4 Å². The standard InChI is InChI=1S/C33H42N2O8/c1-17-25-12-23(33(25,3)4)13-26(17)34-31(39)29-28(18(2)38)27(16-37)43-35(29)14-20-7-6-8-24(30(20)42-5)21-9-19(15-36)10-22(11-21)32(40)41/h6-11,15,17-18,23,25-29,37-38H,12-14,16H2,1-5H3,(H,34,39)(H,40,41)/t17-,18-,23-,25+,26-,27-,28+,29-/m0/s1. The van der Waals surface area contributed by atoms with Gasteiger partial charge in [0, 0.05) is 28.7 Å². The molecule has 2 aromatic carbocycles. The molecule has 232 valence electrons. The van der Waals surface area contributed by atoms with E-state index in [1.54, 1.807) is 25.1 Å². The molecule has 2 aromatic rings. The van der Waals surface area contributed by atoms with Crippen LogP contribution in [0.25, 0.3) is 11.1 Å². The smallest absolute Gasteiger partial charge is 0.335 e. The highest BCUT2D eigenvalue weighted by Crippen LogP contribution is 2.61. The number of carboxylic acid groups (broad SMARTS) is 1. The van der Waals surface area contributed by atoms with Crippen LogP contribution in [0.2, 0.25) is 0 Å². The van der Waals surface area contributed by atoms with Crippen LogP contribution in [0.4, 0.5) is 0 Å². The highest BCUT2D eigenvalue weighted by Gasteiger charge is 2.57. The van der Waals surface area contributed by atoms with Crippen LogP contribution < -0.4 is 10.1 Å². The summed E-state index contributed by atoms with van der Waals surface area (Å²) in [5, 5.41) is 35.3. The van der Waals surface area contributed by atoms with E-state index in [4.69, 9.17) is 9.57 Å². The minimum absolute atomic E-state index is 0.0142. The number of hydrogen-bond donors (Lipinski definition) is 4. The van der Waals surface area contributed by atoms with Crippen LogP contribution in [-0.2, 0) is 16.2 Å². The van der Waals surface area contributed by atoms with Gasteiger partial charge in [0.25, 0.3) is 0 Å². The van der Waals surface area contributed by atoms with Gasteiger partial charge in [0.05, 0.1) is 31.9 Å². The Labute approximate surface area is 251 Å². The molecule has 1 saturated heterocycles. The molecule has 4 aliphatic rings. The van der Waals surface area contributed by atoms with Crippen molar-refractivity contribution in [3.8, 4) is 16.9 Å². The van der Waals surface area contributed by atoms with Crippen LogP contribution >= 0.6 is 0 Å². The second-order valence-corrected chi connectivity index (χ2v) is 13.0. The number of benzene rings is 2. The average molecular weight is 595 g/mol. The first-order chi connectivity index (χ1) is 20.4. The largest absolute Gasteiger partial charge is 0.496 e. The fourth-order valence-electron chi connectivity index (χ4n) is 7.83. The summed E-state index contributed by atoms with van der Waals surface area (Å²) in [6.07, 6.45) is 0.963. The third-order valence-electron chi connectivity index (χ3n) is 10.3. The number of ether oxygens (including phenoxy) is 1. The maximum Gasteiger partial charge on any atom is 0.335 e. The van der Waals surface area contributed by atoms with E-state index in [0.29, 0.717) is 46.5 Å². The van der Waals surface area contributed by atoms with Gasteiger partial charge in [-0.05, 0) is 66.7 Å². The van der Waals surface area contributed by atoms with E-state index in [1.807, 2.05) is 6.07 Å². The maximum absolute atomic E-state index is 14.0. The summed E-state index contributed by atoms with van der Waals surface area (Å²) in [5.41, 5.74) is 2.14. The molecule has 1 aliphatic heterocycles. The zero-order valence-electron chi connectivity index (χ0n) is 25.3. The quantitative estimate of drug-likeness (QED) is 0.304. The number of aromatic carboxylic acids is 1. The van der Waals surface area contributed by atoms with Crippen molar-refractivity contribution in [1.29, 1.82) is 0 Å². The predicted octanol–water partition coefficient (Wildman–Crippen LogP) is 3.53. The Kier molecular flexibility index (Phi) is 8.68. The van der Waals surface area contributed by atoms with E-state index >= 15 is 0 Å². The Balaban J connectivity index is 1.46. The van der Waals surface area contributed by atoms with Gasteiger partial charge in [-0.1, -0.05) is 39.0 Å². The lowest BCUT2D eigenvalue weighted by Crippen LogP contribution is -2.62. The SMILES string of the molecule is COc1c(CN2O[C@@H](CO)[C@@H]([C@H](C)O)[C@H]2C(=O)N[C@H]2C[C@@H]3C[C@H]([C@@H]2C)C3(C)C)cccc1-c1cc(C=O)cc(C(=O)O)c1. The fourth-order valence-corrected chi connectivity index (χ4v) is 7.83. The number of aliphatic hydroxyl groups is 2. The molecule has 0 radical (unpaired) electrons. The summed E-state index contributed by atoms with van der Waals surface area (Å²) in [6, 6.07) is 8.86. The van der Waals surface area contributed by atoms with Crippen molar-refractivity contribution >= 4 is 18.2 Å². The van der Waals surface area contributed by atoms with Gasteiger partial charge in [-0.2, -0.15) is 5.06 Å². The normalized spacial score (nSPS) is 30.3. The topological polar surface area (TPSA) is 146 Å². The molecule has 0 spiro atoms. The van der Waals surface area contributed by atoms with Gasteiger partial charge >= 0.3 is 5.97 Å². The van der Waals surface area contributed by atoms with Crippen molar-refractivity contribution in [1.82, 2.24) is 10.4 Å². The van der Waals surface area contributed by atoms with Crippen LogP contribution in [0.3, 0.4) is 0 Å². The lowest BCUT2D eigenvalue weighted by Gasteiger charge is -2.62. The van der Waals surface area contributed by atoms with Gasteiger partial charge in [-0.3, -0.25) is 14.4 Å². The Morgan fingerprint density at radius 3 is 2.56 bits per heavy atom. The summed E-state index contributed by atoms with van der Waals surface area (Å²) in [7, 11) is 1.49. The average Bonchev–Trinajstić information content (AvgIpc) is 3.36. The predicted molar refractivity (Wildman–Crippen MR) is 158 cm³/mol. The minimum atomic E-state index is -1.16. The lowest BCUT2D eigenvalue weighted by molar-refractivity contribution is -0.183. The number of carbonyl (C=O) groups is 3. The number of aliphatic hydroxyl groups excluding tert-OH is 2. The zero-order chi connectivity index (χ0) is 31.2. The van der Waals surface area contributed by atoms with Crippen molar-refractivity contribution < 1.29 is 39.3 Å². The number of carbonyl (C=O) groups excluding carboxylic acids is 2. The molecule has 43 heavy (non-hydrogen) atoms. The van der Waals surface area contributed by atoms with Gasteiger partial charge in [0.1, 0.15) is 24.2 Å². The Morgan fingerprint density at radius 2 is 1.98 bits per heavy atom. The molecule has 10 heteroatoms. The molecule has 0 unspecified atom stereocenters. The van der Waals surface area contributed by atoms with Crippen molar-refractivity contribution in [2.24, 2.45) is 29.1 Å². The van der Waals surface area contributed by atoms with E-state index in [9.17, 15) is 29.7 Å². The third kappa shape index (κ3) is 5.57.